The predicted molar refractivity (Wildman–Crippen MR) is 129 cm³/mol. The van der Waals surface area contributed by atoms with Gasteiger partial charge in [-0.15, -0.1) is 6.58 Å². The van der Waals surface area contributed by atoms with Crippen molar-refractivity contribution in [2.45, 2.75) is 77.3 Å². The van der Waals surface area contributed by atoms with Crippen LogP contribution < -0.4 is 4.74 Å². The fourth-order valence-electron chi connectivity index (χ4n) is 4.50. The van der Waals surface area contributed by atoms with Gasteiger partial charge in [-0.1, -0.05) is 59.8 Å². The van der Waals surface area contributed by atoms with Crippen molar-refractivity contribution < 1.29 is 23.4 Å². The van der Waals surface area contributed by atoms with Crippen molar-refractivity contribution in [3.05, 3.63) is 42.5 Å². The van der Waals surface area contributed by atoms with Crippen molar-refractivity contribution in [3.8, 4) is 5.75 Å². The second-order valence-electron chi connectivity index (χ2n) is 8.98. The maximum atomic E-state index is 11.9. The lowest BCUT2D eigenvalue weighted by Crippen LogP contribution is -2.52. The first-order valence-electron chi connectivity index (χ1n) is 11.2. The molecule has 0 bridgehead atoms. The van der Waals surface area contributed by atoms with Crippen molar-refractivity contribution >= 4 is 14.6 Å². The molecule has 0 amide bonds. The van der Waals surface area contributed by atoms with Gasteiger partial charge in [-0.05, 0) is 40.7 Å². The van der Waals surface area contributed by atoms with E-state index in [0.29, 0.717) is 29.7 Å². The van der Waals surface area contributed by atoms with Crippen LogP contribution in [0.3, 0.4) is 0 Å². The summed E-state index contributed by atoms with van der Waals surface area (Å²) in [5.41, 5.74) is 2.37. The quantitative estimate of drug-likeness (QED) is 0.0995. The largest absolute Gasteiger partial charge is 0.497 e. The molecule has 0 saturated heterocycles. The van der Waals surface area contributed by atoms with Gasteiger partial charge in [0.1, 0.15) is 18.8 Å². The SMILES string of the molecule is C=CC[C@H](O[Si](C(C)C)(C(C)C)C(C)C)[C@H](C=O)COCOCc1ccc(OC)cc1. The zero-order chi connectivity index (χ0) is 23.4. The maximum absolute atomic E-state index is 11.9. The van der Waals surface area contributed by atoms with E-state index in [1.54, 1.807) is 7.11 Å². The molecule has 1 aromatic rings. The molecule has 31 heavy (non-hydrogen) atoms. The summed E-state index contributed by atoms with van der Waals surface area (Å²) in [5.74, 6) is 0.455. The van der Waals surface area contributed by atoms with Gasteiger partial charge in [0.05, 0.1) is 32.3 Å². The van der Waals surface area contributed by atoms with Crippen molar-refractivity contribution in [2.24, 2.45) is 5.92 Å². The topological polar surface area (TPSA) is 54.0 Å². The fraction of sp³-hybridized carbons (Fsp3) is 0.640. The van der Waals surface area contributed by atoms with Gasteiger partial charge in [-0.3, -0.25) is 0 Å². The van der Waals surface area contributed by atoms with Crippen LogP contribution in [0.5, 0.6) is 5.75 Å². The highest BCUT2D eigenvalue weighted by Crippen LogP contribution is 2.44. The number of methoxy groups -OCH3 is 1. The molecule has 0 aliphatic rings. The Labute approximate surface area is 190 Å². The molecular formula is C25H42O5Si. The molecule has 0 saturated carbocycles. The minimum atomic E-state index is -2.12. The smallest absolute Gasteiger partial charge is 0.200 e. The molecule has 0 heterocycles. The average Bonchev–Trinajstić information content (AvgIpc) is 2.73. The molecular weight excluding hydrogens is 408 g/mol. The Bertz CT molecular complexity index is 620. The Morgan fingerprint density at radius 3 is 2.00 bits per heavy atom. The van der Waals surface area contributed by atoms with Gasteiger partial charge in [0.2, 0.25) is 8.32 Å². The number of hydrogen-bond donors (Lipinski definition) is 0. The van der Waals surface area contributed by atoms with Gasteiger partial charge in [-0.25, -0.2) is 0 Å². The first-order chi connectivity index (χ1) is 14.7. The van der Waals surface area contributed by atoms with E-state index < -0.39 is 8.32 Å². The number of rotatable bonds is 16. The van der Waals surface area contributed by atoms with Gasteiger partial charge in [-0.2, -0.15) is 0 Å². The van der Waals surface area contributed by atoms with E-state index >= 15 is 0 Å². The lowest BCUT2D eigenvalue weighted by molar-refractivity contribution is -0.122. The van der Waals surface area contributed by atoms with Crippen LogP contribution in [0.2, 0.25) is 16.6 Å². The second-order valence-corrected chi connectivity index (χ2v) is 14.4. The fourth-order valence-corrected chi connectivity index (χ4v) is 10.1. The van der Waals surface area contributed by atoms with E-state index in [1.165, 1.54) is 0 Å². The van der Waals surface area contributed by atoms with E-state index in [4.69, 9.17) is 18.6 Å². The highest BCUT2D eigenvalue weighted by molar-refractivity contribution is 6.77. The third kappa shape index (κ3) is 7.86. The van der Waals surface area contributed by atoms with Gasteiger partial charge < -0.3 is 23.4 Å². The molecule has 0 N–H and O–H groups in total. The Balaban J connectivity index is 2.69. The molecule has 0 spiro atoms. The van der Waals surface area contributed by atoms with Crippen molar-refractivity contribution in [2.75, 3.05) is 20.5 Å². The summed E-state index contributed by atoms with van der Waals surface area (Å²) in [6, 6.07) is 7.70. The van der Waals surface area contributed by atoms with Gasteiger partial charge in [0.15, 0.2) is 0 Å². The summed E-state index contributed by atoms with van der Waals surface area (Å²) in [7, 11) is -0.476. The Morgan fingerprint density at radius 1 is 0.968 bits per heavy atom. The van der Waals surface area contributed by atoms with E-state index in [-0.39, 0.29) is 25.4 Å². The van der Waals surface area contributed by atoms with Crippen LogP contribution in [0.4, 0.5) is 0 Å². The van der Waals surface area contributed by atoms with E-state index in [9.17, 15) is 4.79 Å². The third-order valence-electron chi connectivity index (χ3n) is 6.02. The summed E-state index contributed by atoms with van der Waals surface area (Å²) in [4.78, 5) is 11.9. The Morgan fingerprint density at radius 2 is 1.55 bits per heavy atom. The van der Waals surface area contributed by atoms with Crippen molar-refractivity contribution in [1.82, 2.24) is 0 Å². The minimum absolute atomic E-state index is 0.123. The molecule has 1 aromatic carbocycles. The molecule has 0 radical (unpaired) electrons. The highest BCUT2D eigenvalue weighted by atomic mass is 28.4. The minimum Gasteiger partial charge on any atom is -0.497 e. The van der Waals surface area contributed by atoms with E-state index in [0.717, 1.165) is 17.6 Å². The number of carbonyl (C=O) groups is 1. The molecule has 2 atom stereocenters. The molecule has 5 nitrogen and oxygen atoms in total. The molecule has 0 unspecified atom stereocenters. The molecule has 0 fully saturated rings. The average molecular weight is 451 g/mol. The lowest BCUT2D eigenvalue weighted by Gasteiger charge is -2.45. The predicted octanol–water partition coefficient (Wildman–Crippen LogP) is 6.14. The zero-order valence-electron chi connectivity index (χ0n) is 20.4. The van der Waals surface area contributed by atoms with Gasteiger partial charge >= 0.3 is 0 Å². The summed E-state index contributed by atoms with van der Waals surface area (Å²) >= 11 is 0. The maximum Gasteiger partial charge on any atom is 0.200 e. The normalized spacial score (nSPS) is 14.1. The van der Waals surface area contributed by atoms with Crippen LogP contribution in [0.25, 0.3) is 0 Å². The second kappa shape index (κ2) is 13.8. The number of hydrogen-bond acceptors (Lipinski definition) is 5. The third-order valence-corrected chi connectivity index (χ3v) is 12.1. The summed E-state index contributed by atoms with van der Waals surface area (Å²) < 4.78 is 23.3. The number of ether oxygens (including phenoxy) is 3. The molecule has 176 valence electrons. The van der Waals surface area contributed by atoms with Crippen LogP contribution >= 0.6 is 0 Å². The molecule has 0 aliphatic heterocycles. The van der Waals surface area contributed by atoms with Crippen LogP contribution in [-0.4, -0.2) is 41.2 Å². The molecule has 0 aromatic heterocycles. The molecule has 1 rings (SSSR count). The van der Waals surface area contributed by atoms with E-state index in [1.807, 2.05) is 30.3 Å². The van der Waals surface area contributed by atoms with Crippen molar-refractivity contribution in [3.63, 3.8) is 0 Å². The van der Waals surface area contributed by atoms with Gasteiger partial charge in [0, 0.05) is 0 Å². The summed E-state index contributed by atoms with van der Waals surface area (Å²) in [5, 5.41) is 0. The van der Waals surface area contributed by atoms with E-state index in [2.05, 4.69) is 48.1 Å². The monoisotopic (exact) mass is 450 g/mol. The van der Waals surface area contributed by atoms with Crippen LogP contribution in [0.15, 0.2) is 36.9 Å². The van der Waals surface area contributed by atoms with Crippen LogP contribution in [0.1, 0.15) is 53.5 Å². The zero-order valence-corrected chi connectivity index (χ0v) is 21.4. The summed E-state index contributed by atoms with van der Waals surface area (Å²) in [6.07, 6.45) is 3.19. The van der Waals surface area contributed by atoms with Gasteiger partial charge in [0.25, 0.3) is 0 Å². The first kappa shape index (κ1) is 27.6. The molecule has 6 heteroatoms. The van der Waals surface area contributed by atoms with Crippen LogP contribution in [0, 0.1) is 5.92 Å². The Hall–Kier alpha value is -1.47. The number of carbonyl (C=O) groups excluding carboxylic acids is 1. The first-order valence-corrected chi connectivity index (χ1v) is 13.4. The van der Waals surface area contributed by atoms with Crippen LogP contribution in [-0.2, 0) is 25.3 Å². The van der Waals surface area contributed by atoms with Crippen molar-refractivity contribution in [1.29, 1.82) is 0 Å². The highest BCUT2D eigenvalue weighted by Gasteiger charge is 2.47. The lowest BCUT2D eigenvalue weighted by atomic mass is 10.0. The standard InChI is InChI=1S/C25H42O5Si/c1-9-10-25(30-31(19(2)3,20(4)5)21(6)7)23(15-26)17-29-18-28-16-22-11-13-24(27-8)14-12-22/h9,11-15,19-21,23,25H,1,10,16-18H2,2-8H3/t23-,25+/m1/s1. The number of aldehydes is 1. The molecule has 0 aliphatic carbocycles. The summed E-state index contributed by atoms with van der Waals surface area (Å²) in [6.45, 7) is 18.2. The Kier molecular flexibility index (Phi) is 12.3. The number of benzene rings is 1.